The largest absolute Gasteiger partial charge is 0.357 e. The van der Waals surface area contributed by atoms with E-state index in [1.54, 1.807) is 5.01 Å². The molecule has 1 fully saturated rings. The highest BCUT2D eigenvalue weighted by molar-refractivity contribution is 5.56. The Hall–Kier alpha value is -1.84. The summed E-state index contributed by atoms with van der Waals surface area (Å²) in [5.41, 5.74) is 2.80. The van der Waals surface area contributed by atoms with Crippen LogP contribution in [0.25, 0.3) is 0 Å². The Balaban J connectivity index is 2.48. The van der Waals surface area contributed by atoms with E-state index in [9.17, 15) is 4.39 Å². The van der Waals surface area contributed by atoms with Gasteiger partial charge in [0.05, 0.1) is 0 Å². The normalized spacial score (nSPS) is 16.1. The molecule has 0 radical (unpaired) electrons. The number of hydrogen-bond donors (Lipinski definition) is 0. The first kappa shape index (κ1) is 17.5. The second kappa shape index (κ2) is 8.14. The lowest BCUT2D eigenvalue weighted by molar-refractivity contribution is 0.274. The van der Waals surface area contributed by atoms with E-state index in [4.69, 9.17) is 0 Å². The van der Waals surface area contributed by atoms with Crippen LogP contribution >= 0.6 is 0 Å². The molecule has 0 unspecified atom stereocenters. The van der Waals surface area contributed by atoms with Gasteiger partial charge in [-0.15, -0.1) is 0 Å². The molecule has 0 aliphatic carbocycles. The summed E-state index contributed by atoms with van der Waals surface area (Å²) in [6, 6.07) is 5.25. The summed E-state index contributed by atoms with van der Waals surface area (Å²) in [7, 11) is 0. The summed E-state index contributed by atoms with van der Waals surface area (Å²) in [5, 5.41) is 5.88. The molecule has 1 aliphatic heterocycles. The van der Waals surface area contributed by atoms with Gasteiger partial charge in [0.1, 0.15) is 17.3 Å². The molecular formula is C19H28FN3. The molecule has 1 saturated heterocycles. The van der Waals surface area contributed by atoms with Crippen LogP contribution in [0.15, 0.2) is 34.7 Å². The topological polar surface area (TPSA) is 18.8 Å². The van der Waals surface area contributed by atoms with Crippen LogP contribution in [-0.4, -0.2) is 24.7 Å². The van der Waals surface area contributed by atoms with Gasteiger partial charge in [-0.2, -0.15) is 5.10 Å². The third-order valence-corrected chi connectivity index (χ3v) is 4.56. The second-order valence-corrected chi connectivity index (χ2v) is 6.10. The molecule has 1 heterocycles. The standard InChI is InChI=1S/C19H28FN3/c1-5-15(3)19(22-12-8-7-9-13-22)23(21-4)18-14-16(6-2)10-11-17(18)20/h10-11,14H,4-9,12-13H2,1-3H3/b19-15+. The Morgan fingerprint density at radius 3 is 2.52 bits per heavy atom. The third-order valence-electron chi connectivity index (χ3n) is 4.56. The summed E-state index contributed by atoms with van der Waals surface area (Å²) in [6.45, 7) is 12.0. The van der Waals surface area contributed by atoms with Crippen LogP contribution in [0.2, 0.25) is 0 Å². The van der Waals surface area contributed by atoms with Gasteiger partial charge in [-0.1, -0.05) is 19.9 Å². The van der Waals surface area contributed by atoms with E-state index in [0.717, 1.165) is 37.3 Å². The van der Waals surface area contributed by atoms with Gasteiger partial charge >= 0.3 is 0 Å². The van der Waals surface area contributed by atoms with Gasteiger partial charge in [0.2, 0.25) is 0 Å². The highest BCUT2D eigenvalue weighted by atomic mass is 19.1. The maximum absolute atomic E-state index is 14.5. The monoisotopic (exact) mass is 317 g/mol. The van der Waals surface area contributed by atoms with E-state index < -0.39 is 0 Å². The summed E-state index contributed by atoms with van der Waals surface area (Å²) in [5.74, 6) is 0.738. The average molecular weight is 317 g/mol. The van der Waals surface area contributed by atoms with Gasteiger partial charge < -0.3 is 4.90 Å². The Morgan fingerprint density at radius 1 is 1.26 bits per heavy atom. The number of aryl methyl sites for hydroxylation is 1. The predicted octanol–water partition coefficient (Wildman–Crippen LogP) is 4.94. The van der Waals surface area contributed by atoms with Crippen molar-refractivity contribution in [3.05, 3.63) is 41.0 Å². The minimum atomic E-state index is -0.256. The SMILES string of the molecule is C=NN(/C(=C(\C)CC)N1CCCCC1)c1cc(CC)ccc1F. The molecule has 1 aliphatic rings. The lowest BCUT2D eigenvalue weighted by atomic mass is 10.1. The van der Waals surface area contributed by atoms with Crippen molar-refractivity contribution in [1.82, 2.24) is 4.90 Å². The molecule has 0 saturated carbocycles. The number of hydrogen-bond acceptors (Lipinski definition) is 3. The van der Waals surface area contributed by atoms with E-state index in [1.165, 1.54) is 30.9 Å². The lowest BCUT2D eigenvalue weighted by Gasteiger charge is -2.37. The quantitative estimate of drug-likeness (QED) is 0.547. The van der Waals surface area contributed by atoms with Crippen LogP contribution < -0.4 is 5.01 Å². The molecule has 1 aromatic rings. The first-order valence-corrected chi connectivity index (χ1v) is 8.62. The molecule has 4 heteroatoms. The summed E-state index contributed by atoms with van der Waals surface area (Å²) < 4.78 is 14.5. The number of anilines is 1. The van der Waals surface area contributed by atoms with Gasteiger partial charge in [-0.3, -0.25) is 0 Å². The molecule has 0 aromatic heterocycles. The van der Waals surface area contributed by atoms with Crippen molar-refractivity contribution in [2.24, 2.45) is 5.10 Å². The molecule has 0 amide bonds. The van der Waals surface area contributed by atoms with E-state index in [0.29, 0.717) is 5.69 Å². The van der Waals surface area contributed by atoms with Crippen LogP contribution in [0.5, 0.6) is 0 Å². The van der Waals surface area contributed by atoms with Crippen LogP contribution in [0.4, 0.5) is 10.1 Å². The molecular weight excluding hydrogens is 289 g/mol. The number of halogens is 1. The first-order valence-electron chi connectivity index (χ1n) is 8.62. The van der Waals surface area contributed by atoms with Crippen LogP contribution in [0, 0.1) is 5.82 Å². The smallest absolute Gasteiger partial charge is 0.148 e. The number of likely N-dealkylation sites (tertiary alicyclic amines) is 1. The Kier molecular flexibility index (Phi) is 6.20. The summed E-state index contributed by atoms with van der Waals surface area (Å²) >= 11 is 0. The zero-order valence-electron chi connectivity index (χ0n) is 14.6. The summed E-state index contributed by atoms with van der Waals surface area (Å²) in [4.78, 5) is 2.33. The van der Waals surface area contributed by atoms with Crippen LogP contribution in [0.1, 0.15) is 52.0 Å². The zero-order valence-corrected chi connectivity index (χ0v) is 14.6. The maximum atomic E-state index is 14.5. The zero-order chi connectivity index (χ0) is 16.8. The number of piperidine rings is 1. The minimum absolute atomic E-state index is 0.256. The second-order valence-electron chi connectivity index (χ2n) is 6.10. The molecule has 126 valence electrons. The Bertz CT molecular complexity index is 574. The molecule has 23 heavy (non-hydrogen) atoms. The van der Waals surface area contributed by atoms with Gasteiger partial charge in [0.25, 0.3) is 0 Å². The first-order chi connectivity index (χ1) is 11.1. The Morgan fingerprint density at radius 2 is 1.96 bits per heavy atom. The lowest BCUT2D eigenvalue weighted by Crippen LogP contribution is -2.37. The van der Waals surface area contributed by atoms with Crippen molar-refractivity contribution in [3.63, 3.8) is 0 Å². The summed E-state index contributed by atoms with van der Waals surface area (Å²) in [6.07, 6.45) is 5.38. The fourth-order valence-corrected chi connectivity index (χ4v) is 3.05. The fraction of sp³-hybridized carbons (Fsp3) is 0.526. The van der Waals surface area contributed by atoms with E-state index in [2.05, 4.69) is 37.5 Å². The van der Waals surface area contributed by atoms with Crippen molar-refractivity contribution in [1.29, 1.82) is 0 Å². The molecule has 0 spiro atoms. The number of rotatable bonds is 6. The molecule has 0 atom stereocenters. The highest BCUT2D eigenvalue weighted by Gasteiger charge is 2.24. The van der Waals surface area contributed by atoms with E-state index in [1.807, 2.05) is 12.1 Å². The van der Waals surface area contributed by atoms with Crippen molar-refractivity contribution in [2.45, 2.75) is 52.9 Å². The van der Waals surface area contributed by atoms with Crippen LogP contribution in [0.3, 0.4) is 0 Å². The Labute approximate surface area is 139 Å². The van der Waals surface area contributed by atoms with Gasteiger partial charge in [0.15, 0.2) is 0 Å². The highest BCUT2D eigenvalue weighted by Crippen LogP contribution is 2.30. The van der Waals surface area contributed by atoms with Crippen molar-refractivity contribution >= 4 is 12.4 Å². The third kappa shape index (κ3) is 3.92. The van der Waals surface area contributed by atoms with Crippen LogP contribution in [-0.2, 0) is 6.42 Å². The predicted molar refractivity (Wildman–Crippen MR) is 96.2 cm³/mol. The van der Waals surface area contributed by atoms with Crippen molar-refractivity contribution in [2.75, 3.05) is 18.1 Å². The molecule has 3 nitrogen and oxygen atoms in total. The van der Waals surface area contributed by atoms with E-state index in [-0.39, 0.29) is 5.82 Å². The molecule has 2 rings (SSSR count). The minimum Gasteiger partial charge on any atom is -0.357 e. The molecule has 1 aromatic carbocycles. The van der Waals surface area contributed by atoms with Gasteiger partial charge in [0, 0.05) is 19.8 Å². The van der Waals surface area contributed by atoms with E-state index >= 15 is 0 Å². The fourth-order valence-electron chi connectivity index (χ4n) is 3.05. The number of hydrazone groups is 1. The van der Waals surface area contributed by atoms with Gasteiger partial charge in [-0.25, -0.2) is 9.40 Å². The average Bonchev–Trinajstić information content (AvgIpc) is 2.60. The number of allylic oxidation sites excluding steroid dienone is 1. The van der Waals surface area contributed by atoms with Crippen molar-refractivity contribution in [3.8, 4) is 0 Å². The number of benzene rings is 1. The van der Waals surface area contributed by atoms with Crippen molar-refractivity contribution < 1.29 is 4.39 Å². The molecule has 0 bridgehead atoms. The molecule has 0 N–H and O–H groups in total. The number of nitrogens with zero attached hydrogens (tertiary/aromatic N) is 3. The van der Waals surface area contributed by atoms with Gasteiger partial charge in [-0.05, 0) is 62.3 Å². The maximum Gasteiger partial charge on any atom is 0.148 e.